The Morgan fingerprint density at radius 1 is 1.35 bits per heavy atom. The molecule has 17 heavy (non-hydrogen) atoms. The fourth-order valence-corrected chi connectivity index (χ4v) is 2.77. The van der Waals surface area contributed by atoms with Crippen LogP contribution in [0.2, 0.25) is 0 Å². The van der Waals surface area contributed by atoms with Crippen molar-refractivity contribution in [2.45, 2.75) is 38.6 Å². The predicted molar refractivity (Wildman–Crippen MR) is 67.9 cm³/mol. The maximum Gasteiger partial charge on any atom is 0.222 e. The highest BCUT2D eigenvalue weighted by Crippen LogP contribution is 2.24. The van der Waals surface area contributed by atoms with E-state index in [9.17, 15) is 0 Å². The van der Waals surface area contributed by atoms with Gasteiger partial charge in [0.15, 0.2) is 0 Å². The Morgan fingerprint density at radius 3 is 3.12 bits per heavy atom. The highest BCUT2D eigenvalue weighted by molar-refractivity contribution is 5.30. The minimum Gasteiger partial charge on any atom is -0.354 e. The van der Waals surface area contributed by atoms with Gasteiger partial charge in [-0.15, -0.1) is 0 Å². The normalized spacial score (nSPS) is 20.2. The molecule has 0 amide bonds. The van der Waals surface area contributed by atoms with Gasteiger partial charge in [0.1, 0.15) is 0 Å². The number of rotatable bonds is 3. The topological polar surface area (TPSA) is 49.8 Å². The van der Waals surface area contributed by atoms with Crippen LogP contribution in [0.15, 0.2) is 6.20 Å². The van der Waals surface area contributed by atoms with Crippen LogP contribution in [-0.4, -0.2) is 23.1 Å². The summed E-state index contributed by atoms with van der Waals surface area (Å²) in [6.07, 6.45) is 8.54. The summed E-state index contributed by atoms with van der Waals surface area (Å²) in [4.78, 5) is 8.99. The van der Waals surface area contributed by atoms with Crippen molar-refractivity contribution >= 4 is 5.95 Å². The number of aromatic nitrogens is 2. The molecule has 0 saturated heterocycles. The van der Waals surface area contributed by atoms with Crippen molar-refractivity contribution in [3.8, 4) is 0 Å². The van der Waals surface area contributed by atoms with Gasteiger partial charge in [0.2, 0.25) is 5.95 Å². The van der Waals surface area contributed by atoms with Crippen LogP contribution in [0.5, 0.6) is 0 Å². The van der Waals surface area contributed by atoms with E-state index in [1.165, 1.54) is 36.9 Å². The summed E-state index contributed by atoms with van der Waals surface area (Å²) < 4.78 is 0. The number of anilines is 1. The molecule has 0 radical (unpaired) electrons. The van der Waals surface area contributed by atoms with Crippen molar-refractivity contribution < 1.29 is 0 Å². The van der Waals surface area contributed by atoms with E-state index >= 15 is 0 Å². The number of nitrogens with one attached hydrogen (secondary N) is 2. The molecule has 0 spiro atoms. The van der Waals surface area contributed by atoms with Crippen LogP contribution in [0, 0.1) is 5.92 Å². The van der Waals surface area contributed by atoms with Gasteiger partial charge in [-0.2, -0.15) is 0 Å². The van der Waals surface area contributed by atoms with Crippen molar-refractivity contribution in [1.82, 2.24) is 15.3 Å². The molecule has 2 aliphatic rings. The highest BCUT2D eigenvalue weighted by Gasteiger charge is 2.16. The Hall–Kier alpha value is -1.16. The third-order valence-corrected chi connectivity index (χ3v) is 3.84. The molecular weight excluding hydrogens is 212 g/mol. The zero-order valence-corrected chi connectivity index (χ0v) is 10.2. The smallest absolute Gasteiger partial charge is 0.222 e. The van der Waals surface area contributed by atoms with Gasteiger partial charge in [0, 0.05) is 19.3 Å². The molecule has 1 aromatic heterocycles. The Morgan fingerprint density at radius 2 is 2.24 bits per heavy atom. The second-order valence-corrected chi connectivity index (χ2v) is 5.12. The molecule has 1 fully saturated rings. The van der Waals surface area contributed by atoms with Gasteiger partial charge >= 0.3 is 0 Å². The van der Waals surface area contributed by atoms with Gasteiger partial charge in [-0.05, 0) is 37.3 Å². The van der Waals surface area contributed by atoms with E-state index < -0.39 is 0 Å². The Labute approximate surface area is 102 Å². The van der Waals surface area contributed by atoms with Crippen LogP contribution >= 0.6 is 0 Å². The molecule has 3 rings (SSSR count). The lowest BCUT2D eigenvalue weighted by Gasteiger charge is -2.17. The van der Waals surface area contributed by atoms with Gasteiger partial charge in [0.05, 0.1) is 5.69 Å². The summed E-state index contributed by atoms with van der Waals surface area (Å²) in [7, 11) is 0. The summed E-state index contributed by atoms with van der Waals surface area (Å²) in [5.74, 6) is 1.63. The molecule has 2 N–H and O–H groups in total. The zero-order chi connectivity index (χ0) is 11.5. The highest BCUT2D eigenvalue weighted by atomic mass is 15.1. The molecule has 0 atom stereocenters. The molecule has 1 aliphatic carbocycles. The second kappa shape index (κ2) is 5.00. The molecule has 4 nitrogen and oxygen atoms in total. The van der Waals surface area contributed by atoms with Crippen LogP contribution in [0.1, 0.15) is 36.9 Å². The fourth-order valence-electron chi connectivity index (χ4n) is 2.77. The van der Waals surface area contributed by atoms with Crippen LogP contribution in [-0.2, 0) is 13.0 Å². The largest absolute Gasteiger partial charge is 0.354 e. The maximum atomic E-state index is 4.59. The minimum atomic E-state index is 0.805. The van der Waals surface area contributed by atoms with Crippen molar-refractivity contribution in [2.24, 2.45) is 5.92 Å². The molecule has 2 heterocycles. The van der Waals surface area contributed by atoms with Gasteiger partial charge in [0.25, 0.3) is 0 Å². The van der Waals surface area contributed by atoms with Gasteiger partial charge in [-0.3, -0.25) is 0 Å². The summed E-state index contributed by atoms with van der Waals surface area (Å²) in [5, 5.41) is 6.73. The first kappa shape index (κ1) is 11.0. The number of hydrogen-bond acceptors (Lipinski definition) is 4. The van der Waals surface area contributed by atoms with E-state index in [1.54, 1.807) is 0 Å². The molecule has 4 heteroatoms. The number of nitrogens with zero attached hydrogens (tertiary/aromatic N) is 2. The molecule has 0 unspecified atom stereocenters. The predicted octanol–water partition coefficient (Wildman–Crippen LogP) is 1.72. The van der Waals surface area contributed by atoms with E-state index in [2.05, 4.69) is 20.6 Å². The van der Waals surface area contributed by atoms with Gasteiger partial charge in [-0.25, -0.2) is 9.97 Å². The molecule has 1 aromatic rings. The lowest BCUT2D eigenvalue weighted by atomic mass is 10.1. The van der Waals surface area contributed by atoms with Gasteiger partial charge < -0.3 is 10.6 Å². The van der Waals surface area contributed by atoms with Crippen LogP contribution in [0.25, 0.3) is 0 Å². The molecular formula is C13H20N4. The standard InChI is InChI=1S/C13H20N4/c1-2-4-10(3-1)7-15-13-16-8-11-5-6-14-9-12(11)17-13/h8,10,14H,1-7,9H2,(H,15,16,17). The summed E-state index contributed by atoms with van der Waals surface area (Å²) in [5.41, 5.74) is 2.47. The maximum absolute atomic E-state index is 4.59. The van der Waals surface area contributed by atoms with Crippen LogP contribution < -0.4 is 10.6 Å². The first-order valence-corrected chi connectivity index (χ1v) is 6.71. The fraction of sp³-hybridized carbons (Fsp3) is 0.692. The molecule has 92 valence electrons. The van der Waals surface area contributed by atoms with E-state index in [0.29, 0.717) is 0 Å². The number of hydrogen-bond donors (Lipinski definition) is 2. The quantitative estimate of drug-likeness (QED) is 0.833. The van der Waals surface area contributed by atoms with E-state index in [4.69, 9.17) is 0 Å². The zero-order valence-electron chi connectivity index (χ0n) is 10.2. The Bertz CT molecular complexity index is 385. The third-order valence-electron chi connectivity index (χ3n) is 3.84. The first-order valence-electron chi connectivity index (χ1n) is 6.71. The molecule has 1 aliphatic heterocycles. The van der Waals surface area contributed by atoms with E-state index in [1.807, 2.05) is 6.20 Å². The lowest BCUT2D eigenvalue weighted by Crippen LogP contribution is -2.25. The Kier molecular flexibility index (Phi) is 3.22. The molecule has 0 bridgehead atoms. The summed E-state index contributed by atoms with van der Waals surface area (Å²) >= 11 is 0. The SMILES string of the molecule is c1nc(NCC2CCCC2)nc2c1CCNC2. The van der Waals surface area contributed by atoms with Crippen molar-refractivity contribution in [2.75, 3.05) is 18.4 Å². The molecule has 0 aromatic carbocycles. The van der Waals surface area contributed by atoms with E-state index in [-0.39, 0.29) is 0 Å². The van der Waals surface area contributed by atoms with Crippen LogP contribution in [0.3, 0.4) is 0 Å². The van der Waals surface area contributed by atoms with Crippen molar-refractivity contribution in [3.63, 3.8) is 0 Å². The van der Waals surface area contributed by atoms with Gasteiger partial charge in [-0.1, -0.05) is 12.8 Å². The van der Waals surface area contributed by atoms with E-state index in [0.717, 1.165) is 37.9 Å². The lowest BCUT2D eigenvalue weighted by molar-refractivity contribution is 0.575. The third kappa shape index (κ3) is 2.57. The summed E-state index contributed by atoms with van der Waals surface area (Å²) in [6.45, 7) is 2.97. The number of fused-ring (bicyclic) bond motifs is 1. The molecule has 1 saturated carbocycles. The average Bonchev–Trinajstić information content (AvgIpc) is 2.89. The average molecular weight is 232 g/mol. The Balaban J connectivity index is 1.62. The summed E-state index contributed by atoms with van der Waals surface area (Å²) in [6, 6.07) is 0. The van der Waals surface area contributed by atoms with Crippen LogP contribution in [0.4, 0.5) is 5.95 Å². The van der Waals surface area contributed by atoms with Crippen molar-refractivity contribution in [3.05, 3.63) is 17.5 Å². The second-order valence-electron chi connectivity index (χ2n) is 5.12. The van der Waals surface area contributed by atoms with Crippen molar-refractivity contribution in [1.29, 1.82) is 0 Å². The first-order chi connectivity index (χ1) is 8.42. The minimum absolute atomic E-state index is 0.805. The monoisotopic (exact) mass is 232 g/mol.